The Labute approximate surface area is 214 Å². The number of carbonyl (C=O) groups excluding carboxylic acids is 1. The molecule has 2 atom stereocenters. The molecule has 3 heterocycles. The van der Waals surface area contributed by atoms with Crippen LogP contribution >= 0.6 is 23.2 Å². The van der Waals surface area contributed by atoms with Crippen molar-refractivity contribution in [2.24, 2.45) is 0 Å². The molecule has 0 N–H and O–H groups in total. The van der Waals surface area contributed by atoms with Crippen molar-refractivity contribution in [3.8, 4) is 17.1 Å². The van der Waals surface area contributed by atoms with Crippen molar-refractivity contribution in [2.45, 2.75) is 25.3 Å². The van der Waals surface area contributed by atoms with Crippen LogP contribution in [0.25, 0.3) is 11.4 Å². The fourth-order valence-corrected chi connectivity index (χ4v) is 4.85. The quantitative estimate of drug-likeness (QED) is 0.308. The van der Waals surface area contributed by atoms with E-state index >= 15 is 0 Å². The van der Waals surface area contributed by atoms with Gasteiger partial charge in [-0.2, -0.15) is 18.3 Å². The van der Waals surface area contributed by atoms with Crippen LogP contribution in [0.3, 0.4) is 0 Å². The van der Waals surface area contributed by atoms with Crippen molar-refractivity contribution in [1.29, 1.82) is 0 Å². The third-order valence-electron chi connectivity index (χ3n) is 5.98. The predicted octanol–water partition coefficient (Wildman–Crippen LogP) is 5.33. The highest BCUT2D eigenvalue weighted by atomic mass is 35.5. The number of piperazine rings is 1. The Morgan fingerprint density at radius 1 is 1.22 bits per heavy atom. The van der Waals surface area contributed by atoms with Crippen molar-refractivity contribution in [2.75, 3.05) is 31.6 Å². The van der Waals surface area contributed by atoms with Gasteiger partial charge in [0.2, 0.25) is 0 Å². The summed E-state index contributed by atoms with van der Waals surface area (Å²) >= 11 is 12.1. The molecule has 1 unspecified atom stereocenters. The Kier molecular flexibility index (Phi) is 7.44. The van der Waals surface area contributed by atoms with Crippen LogP contribution in [0.5, 0.6) is 5.75 Å². The van der Waals surface area contributed by atoms with E-state index in [1.165, 1.54) is 25.4 Å². The average molecular weight is 546 g/mol. The Hall–Kier alpha value is -2.89. The number of benzene rings is 1. The molecular formula is C23H21Cl2F4N5O2. The number of ether oxygens (including phenoxy) is 1. The molecule has 36 heavy (non-hydrogen) atoms. The van der Waals surface area contributed by atoms with Crippen LogP contribution < -0.4 is 9.64 Å². The summed E-state index contributed by atoms with van der Waals surface area (Å²) in [4.78, 5) is 19.8. The highest BCUT2D eigenvalue weighted by molar-refractivity contribution is 6.33. The van der Waals surface area contributed by atoms with Gasteiger partial charge in [-0.25, -0.2) is 9.07 Å². The Morgan fingerprint density at radius 3 is 2.56 bits per heavy atom. The van der Waals surface area contributed by atoms with E-state index in [-0.39, 0.29) is 47.8 Å². The molecular weight excluding hydrogens is 525 g/mol. The van der Waals surface area contributed by atoms with Gasteiger partial charge in [-0.1, -0.05) is 29.3 Å². The maximum absolute atomic E-state index is 14.7. The largest absolute Gasteiger partial charge is 0.495 e. The lowest BCUT2D eigenvalue weighted by molar-refractivity contribution is -0.142. The molecule has 7 nitrogen and oxygen atoms in total. The lowest BCUT2D eigenvalue weighted by atomic mass is 10.1. The lowest BCUT2D eigenvalue weighted by Gasteiger charge is -2.43. The predicted molar refractivity (Wildman–Crippen MR) is 127 cm³/mol. The molecule has 0 radical (unpaired) electrons. The normalized spacial score (nSPS) is 17.8. The summed E-state index contributed by atoms with van der Waals surface area (Å²) < 4.78 is 61.8. The fourth-order valence-electron chi connectivity index (χ4n) is 4.30. The minimum absolute atomic E-state index is 0.121. The van der Waals surface area contributed by atoms with Gasteiger partial charge in [0.1, 0.15) is 22.3 Å². The van der Waals surface area contributed by atoms with Gasteiger partial charge < -0.3 is 9.64 Å². The SMILES string of the molecule is COc1cc(N2CCN(C(C=O)n3nc(C(F)(F)F)c(Cl)c3-c3ccccn3)[C@@H](C)C2)c(F)cc1Cl. The summed E-state index contributed by atoms with van der Waals surface area (Å²) in [5, 5.41) is 3.19. The zero-order chi connectivity index (χ0) is 26.2. The van der Waals surface area contributed by atoms with E-state index in [1.54, 1.807) is 28.9 Å². The van der Waals surface area contributed by atoms with E-state index in [0.717, 1.165) is 10.7 Å². The second kappa shape index (κ2) is 10.2. The highest BCUT2D eigenvalue weighted by Gasteiger charge is 2.42. The molecule has 0 bridgehead atoms. The summed E-state index contributed by atoms with van der Waals surface area (Å²) in [6.45, 7) is 2.54. The Bertz CT molecular complexity index is 1260. The van der Waals surface area contributed by atoms with Gasteiger partial charge in [0.05, 0.1) is 23.5 Å². The standard InChI is InChI=1S/C23H21Cl2F4N5O2/c1-13-11-32(17-10-18(36-2)14(24)9-15(17)26)7-8-33(13)19(12-35)34-21(16-5-3-4-6-30-16)20(25)22(31-34)23(27,28)29/h3-6,9-10,12-13,19H,7-8,11H2,1-2H3/t13-,19?/m0/s1. The second-order valence-electron chi connectivity index (χ2n) is 8.19. The van der Waals surface area contributed by atoms with Crippen LogP contribution in [0.2, 0.25) is 10.0 Å². The molecule has 2 aromatic heterocycles. The van der Waals surface area contributed by atoms with Crippen LogP contribution in [0, 0.1) is 5.82 Å². The zero-order valence-electron chi connectivity index (χ0n) is 19.1. The molecule has 13 heteroatoms. The topological polar surface area (TPSA) is 63.5 Å². The molecule has 1 aromatic carbocycles. The minimum atomic E-state index is -4.84. The van der Waals surface area contributed by atoms with E-state index in [0.29, 0.717) is 12.0 Å². The summed E-state index contributed by atoms with van der Waals surface area (Å²) in [7, 11) is 1.42. The Balaban J connectivity index is 1.69. The first kappa shape index (κ1) is 26.2. The van der Waals surface area contributed by atoms with E-state index in [4.69, 9.17) is 27.9 Å². The molecule has 0 aliphatic carbocycles. The van der Waals surface area contributed by atoms with Crippen molar-refractivity contribution in [1.82, 2.24) is 19.7 Å². The number of anilines is 1. The number of hydrogen-bond donors (Lipinski definition) is 0. The smallest absolute Gasteiger partial charge is 0.436 e. The monoisotopic (exact) mass is 545 g/mol. The fraction of sp³-hybridized carbons (Fsp3) is 0.348. The number of aldehydes is 1. The molecule has 0 saturated carbocycles. The molecule has 1 saturated heterocycles. The van der Waals surface area contributed by atoms with Crippen LogP contribution in [-0.2, 0) is 11.0 Å². The molecule has 0 amide bonds. The molecule has 0 spiro atoms. The van der Waals surface area contributed by atoms with Gasteiger partial charge in [0, 0.05) is 37.9 Å². The summed E-state index contributed by atoms with van der Waals surface area (Å²) in [6.07, 6.45) is -4.14. The third-order valence-corrected chi connectivity index (χ3v) is 6.63. The van der Waals surface area contributed by atoms with Crippen LogP contribution in [-0.4, -0.2) is 58.7 Å². The third kappa shape index (κ3) is 4.87. The second-order valence-corrected chi connectivity index (χ2v) is 8.97. The molecule has 3 aromatic rings. The molecule has 1 aliphatic rings. The van der Waals surface area contributed by atoms with Crippen molar-refractivity contribution >= 4 is 35.2 Å². The number of nitrogens with zero attached hydrogens (tertiary/aromatic N) is 5. The van der Waals surface area contributed by atoms with Gasteiger partial charge in [0.15, 0.2) is 18.1 Å². The summed E-state index contributed by atoms with van der Waals surface area (Å²) in [5.74, 6) is -0.237. The van der Waals surface area contributed by atoms with Crippen LogP contribution in [0.15, 0.2) is 36.5 Å². The first-order valence-corrected chi connectivity index (χ1v) is 11.6. The van der Waals surface area contributed by atoms with Crippen LogP contribution in [0.1, 0.15) is 18.8 Å². The van der Waals surface area contributed by atoms with Crippen molar-refractivity contribution < 1.29 is 27.1 Å². The number of alkyl halides is 3. The number of pyridine rings is 1. The number of aromatic nitrogens is 3. The van der Waals surface area contributed by atoms with Gasteiger partial charge in [-0.05, 0) is 25.1 Å². The number of rotatable bonds is 6. The highest BCUT2D eigenvalue weighted by Crippen LogP contribution is 2.41. The number of carbonyl (C=O) groups is 1. The zero-order valence-corrected chi connectivity index (χ0v) is 20.6. The lowest BCUT2D eigenvalue weighted by Crippen LogP contribution is -2.54. The Morgan fingerprint density at radius 2 is 1.97 bits per heavy atom. The van der Waals surface area contributed by atoms with E-state index in [9.17, 15) is 22.4 Å². The van der Waals surface area contributed by atoms with Gasteiger partial charge in [-0.15, -0.1) is 0 Å². The van der Waals surface area contributed by atoms with Crippen molar-refractivity contribution in [3.05, 3.63) is 58.1 Å². The van der Waals surface area contributed by atoms with Gasteiger partial charge in [0.25, 0.3) is 0 Å². The van der Waals surface area contributed by atoms with Gasteiger partial charge in [-0.3, -0.25) is 14.7 Å². The number of halogens is 6. The van der Waals surface area contributed by atoms with Gasteiger partial charge >= 0.3 is 6.18 Å². The van der Waals surface area contributed by atoms with E-state index < -0.39 is 28.9 Å². The summed E-state index contributed by atoms with van der Waals surface area (Å²) in [6, 6.07) is 6.94. The van der Waals surface area contributed by atoms with Crippen molar-refractivity contribution in [3.63, 3.8) is 0 Å². The average Bonchev–Trinajstić information content (AvgIpc) is 3.18. The molecule has 1 aliphatic heterocycles. The minimum Gasteiger partial charge on any atom is -0.495 e. The first-order valence-electron chi connectivity index (χ1n) is 10.8. The molecule has 1 fully saturated rings. The maximum Gasteiger partial charge on any atom is 0.436 e. The number of methoxy groups -OCH3 is 1. The van der Waals surface area contributed by atoms with Crippen LogP contribution in [0.4, 0.5) is 23.2 Å². The van der Waals surface area contributed by atoms with E-state index in [1.807, 2.05) is 0 Å². The summed E-state index contributed by atoms with van der Waals surface area (Å²) in [5.41, 5.74) is -1.02. The molecule has 192 valence electrons. The molecule has 4 rings (SSSR count). The number of hydrogen-bond acceptors (Lipinski definition) is 6. The maximum atomic E-state index is 14.7. The van der Waals surface area contributed by atoms with E-state index in [2.05, 4.69) is 10.1 Å². The first-order chi connectivity index (χ1) is 17.1.